The van der Waals surface area contributed by atoms with E-state index in [0.29, 0.717) is 62.0 Å². The molecule has 1 aliphatic rings. The Morgan fingerprint density at radius 1 is 1.30 bits per heavy atom. The summed E-state index contributed by atoms with van der Waals surface area (Å²) in [7, 11) is 3.58. The second-order valence-corrected chi connectivity index (χ2v) is 9.03. The highest BCUT2D eigenvalue weighted by atomic mass is 32.1. The summed E-state index contributed by atoms with van der Waals surface area (Å²) >= 11 is 1.41. The van der Waals surface area contributed by atoms with Crippen LogP contribution >= 0.6 is 11.3 Å². The fourth-order valence-electron chi connectivity index (χ4n) is 2.82. The maximum Gasteiger partial charge on any atom is 0.276 e. The van der Waals surface area contributed by atoms with Crippen LogP contribution in [0.5, 0.6) is 0 Å². The van der Waals surface area contributed by atoms with E-state index in [4.69, 9.17) is 9.47 Å². The van der Waals surface area contributed by atoms with Gasteiger partial charge in [0.05, 0.1) is 25.5 Å². The van der Waals surface area contributed by atoms with Gasteiger partial charge in [-0.25, -0.2) is 9.97 Å². The van der Waals surface area contributed by atoms with Crippen LogP contribution in [-0.4, -0.2) is 74.5 Å². The molecule has 3 rings (SSSR count). The first-order chi connectivity index (χ1) is 14.3. The van der Waals surface area contributed by atoms with Crippen LogP contribution in [0.25, 0.3) is 0 Å². The maximum absolute atomic E-state index is 13.0. The largest absolute Gasteiger partial charge is 0.383 e. The van der Waals surface area contributed by atoms with E-state index < -0.39 is 0 Å². The number of nitrogens with one attached hydrogen (secondary N) is 1. The third-order valence-electron chi connectivity index (χ3n) is 4.74. The Bertz CT molecular complexity index is 860. The molecule has 30 heavy (non-hydrogen) atoms. The van der Waals surface area contributed by atoms with Crippen LogP contribution in [0.15, 0.2) is 11.4 Å². The van der Waals surface area contributed by atoms with Crippen molar-refractivity contribution in [2.45, 2.75) is 26.2 Å². The minimum atomic E-state index is -0.303. The Balaban J connectivity index is 1.85. The lowest BCUT2D eigenvalue weighted by molar-refractivity contribution is 0.102. The lowest BCUT2D eigenvalue weighted by Gasteiger charge is -2.28. The summed E-state index contributed by atoms with van der Waals surface area (Å²) in [5, 5.41) is 5.41. The number of hydrogen-bond donors (Lipinski definition) is 1. The van der Waals surface area contributed by atoms with Crippen LogP contribution in [0.1, 0.15) is 37.0 Å². The zero-order valence-electron chi connectivity index (χ0n) is 18.3. The summed E-state index contributed by atoms with van der Waals surface area (Å²) in [6, 6.07) is 1.70. The first-order valence-corrected chi connectivity index (χ1v) is 10.8. The van der Waals surface area contributed by atoms with Gasteiger partial charge in [-0.1, -0.05) is 20.8 Å². The highest BCUT2D eigenvalue weighted by Crippen LogP contribution is 2.27. The third kappa shape index (κ3) is 5.65. The number of ether oxygens (including phenoxy) is 2. The molecule has 2 aromatic heterocycles. The molecule has 0 aromatic carbocycles. The van der Waals surface area contributed by atoms with Crippen molar-refractivity contribution in [3.05, 3.63) is 22.8 Å². The Kier molecular flexibility index (Phi) is 7.22. The van der Waals surface area contributed by atoms with Crippen molar-refractivity contribution in [1.82, 2.24) is 15.0 Å². The summed E-state index contributed by atoms with van der Waals surface area (Å²) in [4.78, 5) is 30.7. The summed E-state index contributed by atoms with van der Waals surface area (Å²) in [5.74, 6) is 0.894. The zero-order valence-corrected chi connectivity index (χ0v) is 19.1. The van der Waals surface area contributed by atoms with Crippen molar-refractivity contribution >= 4 is 34.1 Å². The molecular formula is C20H30N6O3S. The van der Waals surface area contributed by atoms with Gasteiger partial charge >= 0.3 is 0 Å². The number of aromatic nitrogens is 3. The molecule has 1 amide bonds. The number of anilines is 3. The summed E-state index contributed by atoms with van der Waals surface area (Å²) in [6.45, 7) is 10.1. The van der Waals surface area contributed by atoms with Gasteiger partial charge in [0.15, 0.2) is 5.13 Å². The van der Waals surface area contributed by atoms with Gasteiger partial charge in [0.25, 0.3) is 5.91 Å². The molecule has 1 N–H and O–H groups in total. The molecule has 1 aliphatic heterocycles. The molecule has 0 bridgehead atoms. The summed E-state index contributed by atoms with van der Waals surface area (Å²) in [5.41, 5.74) is 1.17. The van der Waals surface area contributed by atoms with Gasteiger partial charge in [0.1, 0.15) is 11.5 Å². The van der Waals surface area contributed by atoms with E-state index in [0.717, 1.165) is 5.69 Å². The Morgan fingerprint density at radius 2 is 2.03 bits per heavy atom. The summed E-state index contributed by atoms with van der Waals surface area (Å²) < 4.78 is 10.6. The normalized spacial score (nSPS) is 14.6. The van der Waals surface area contributed by atoms with E-state index in [1.807, 2.05) is 22.2 Å². The van der Waals surface area contributed by atoms with Crippen LogP contribution in [-0.2, 0) is 14.9 Å². The average Bonchev–Trinajstić information content (AvgIpc) is 3.21. The third-order valence-corrected chi connectivity index (χ3v) is 5.50. The Labute approximate surface area is 181 Å². The van der Waals surface area contributed by atoms with Crippen molar-refractivity contribution in [2.24, 2.45) is 0 Å². The molecule has 3 heterocycles. The molecule has 0 atom stereocenters. The predicted octanol–water partition coefficient (Wildman–Crippen LogP) is 2.40. The number of morpholine rings is 1. The minimum Gasteiger partial charge on any atom is -0.383 e. The van der Waals surface area contributed by atoms with E-state index in [1.54, 1.807) is 13.2 Å². The molecule has 164 valence electrons. The molecule has 0 aliphatic carbocycles. The first-order valence-electron chi connectivity index (χ1n) is 9.97. The molecule has 1 saturated heterocycles. The number of nitrogens with zero attached hydrogens (tertiary/aromatic N) is 5. The van der Waals surface area contributed by atoms with Gasteiger partial charge in [-0.15, -0.1) is 11.3 Å². The number of rotatable bonds is 7. The van der Waals surface area contributed by atoms with Crippen LogP contribution in [0.4, 0.5) is 16.9 Å². The number of amides is 1. The van der Waals surface area contributed by atoms with Gasteiger partial charge < -0.3 is 19.3 Å². The lowest BCUT2D eigenvalue weighted by Crippen LogP contribution is -2.38. The number of likely N-dealkylation sites (N-methyl/N-ethyl adjacent to an activating group) is 1. The Hall–Kier alpha value is -2.30. The van der Waals surface area contributed by atoms with E-state index in [1.165, 1.54) is 11.3 Å². The summed E-state index contributed by atoms with van der Waals surface area (Å²) in [6.07, 6.45) is 0. The number of hydrogen-bond acceptors (Lipinski definition) is 9. The Morgan fingerprint density at radius 3 is 2.67 bits per heavy atom. The molecule has 0 saturated carbocycles. The molecule has 10 heteroatoms. The molecule has 9 nitrogen and oxygen atoms in total. The van der Waals surface area contributed by atoms with Crippen LogP contribution in [0.3, 0.4) is 0 Å². The standard InChI is InChI=1S/C20H30N6O3S/c1-20(2,3)15-13-30-19(22-15)24-17(27)14-12-16(25(4)6-9-28-5)23-18(21-14)26-7-10-29-11-8-26/h12-13H,6-11H2,1-5H3,(H,22,24,27). The number of carbonyl (C=O) groups is 1. The second kappa shape index (κ2) is 9.67. The molecule has 1 fully saturated rings. The van der Waals surface area contributed by atoms with Gasteiger partial charge in [0.2, 0.25) is 5.95 Å². The van der Waals surface area contributed by atoms with Crippen LogP contribution < -0.4 is 15.1 Å². The monoisotopic (exact) mass is 434 g/mol. The maximum atomic E-state index is 13.0. The second-order valence-electron chi connectivity index (χ2n) is 8.17. The topological polar surface area (TPSA) is 92.7 Å². The van der Waals surface area contributed by atoms with Gasteiger partial charge in [-0.3, -0.25) is 10.1 Å². The van der Waals surface area contributed by atoms with E-state index in [2.05, 4.69) is 41.0 Å². The van der Waals surface area contributed by atoms with Crippen molar-refractivity contribution in [1.29, 1.82) is 0 Å². The lowest BCUT2D eigenvalue weighted by atomic mass is 9.93. The SMILES string of the molecule is COCCN(C)c1cc(C(=O)Nc2nc(C(C)(C)C)cs2)nc(N2CCOCC2)n1. The first kappa shape index (κ1) is 22.4. The van der Waals surface area contributed by atoms with Gasteiger partial charge in [0, 0.05) is 50.7 Å². The fourth-order valence-corrected chi connectivity index (χ4v) is 3.75. The molecular weight excluding hydrogens is 404 g/mol. The molecule has 2 aromatic rings. The molecule has 0 spiro atoms. The smallest absolute Gasteiger partial charge is 0.276 e. The van der Waals surface area contributed by atoms with E-state index >= 15 is 0 Å². The number of carbonyl (C=O) groups excluding carboxylic acids is 1. The number of methoxy groups -OCH3 is 1. The minimum absolute atomic E-state index is 0.0743. The quantitative estimate of drug-likeness (QED) is 0.710. The highest BCUT2D eigenvalue weighted by Gasteiger charge is 2.22. The van der Waals surface area contributed by atoms with E-state index in [9.17, 15) is 4.79 Å². The van der Waals surface area contributed by atoms with Gasteiger partial charge in [-0.05, 0) is 0 Å². The zero-order chi connectivity index (χ0) is 21.7. The van der Waals surface area contributed by atoms with Crippen molar-refractivity contribution in [3.63, 3.8) is 0 Å². The van der Waals surface area contributed by atoms with E-state index in [-0.39, 0.29) is 11.3 Å². The molecule has 0 unspecified atom stereocenters. The molecule has 0 radical (unpaired) electrons. The highest BCUT2D eigenvalue weighted by molar-refractivity contribution is 7.14. The predicted molar refractivity (Wildman–Crippen MR) is 119 cm³/mol. The van der Waals surface area contributed by atoms with Crippen molar-refractivity contribution < 1.29 is 14.3 Å². The average molecular weight is 435 g/mol. The van der Waals surface area contributed by atoms with Crippen molar-refractivity contribution in [3.8, 4) is 0 Å². The van der Waals surface area contributed by atoms with Gasteiger partial charge in [-0.2, -0.15) is 4.98 Å². The van der Waals surface area contributed by atoms with Crippen LogP contribution in [0, 0.1) is 0 Å². The van der Waals surface area contributed by atoms with Crippen molar-refractivity contribution in [2.75, 3.05) is 68.7 Å². The number of thiazole rings is 1. The fraction of sp³-hybridized carbons (Fsp3) is 0.600. The van der Waals surface area contributed by atoms with Crippen LogP contribution in [0.2, 0.25) is 0 Å².